The average molecular weight is 315 g/mol. The Morgan fingerprint density at radius 3 is 2.41 bits per heavy atom. The van der Waals surface area contributed by atoms with Gasteiger partial charge in [-0.3, -0.25) is 0 Å². The fraction of sp³-hybridized carbons (Fsp3) is 0.938. The first-order valence-electron chi connectivity index (χ1n) is 8.22. The minimum absolute atomic E-state index is 0.0507. The van der Waals surface area contributed by atoms with Crippen LogP contribution in [0.5, 0.6) is 0 Å². The van der Waals surface area contributed by atoms with E-state index in [1.165, 1.54) is 0 Å². The van der Waals surface area contributed by atoms with Crippen LogP contribution in [-0.4, -0.2) is 48.5 Å². The molecule has 2 aliphatic rings. The lowest BCUT2D eigenvalue weighted by Crippen LogP contribution is -2.46. The van der Waals surface area contributed by atoms with Crippen LogP contribution in [0.4, 0.5) is 4.79 Å². The summed E-state index contributed by atoms with van der Waals surface area (Å²) in [6, 6.07) is -0.0707. The van der Waals surface area contributed by atoms with Crippen molar-refractivity contribution < 1.29 is 24.1 Å². The van der Waals surface area contributed by atoms with E-state index in [-0.39, 0.29) is 12.6 Å². The molecule has 1 saturated carbocycles. The number of nitrogens with one attached hydrogen (secondary N) is 1. The molecule has 128 valence electrons. The van der Waals surface area contributed by atoms with Crippen LogP contribution in [0.1, 0.15) is 52.9 Å². The maximum atomic E-state index is 12.0. The largest absolute Gasteiger partial charge is 0.444 e. The Morgan fingerprint density at radius 2 is 1.91 bits per heavy atom. The molecule has 0 radical (unpaired) electrons. The molecule has 1 unspecified atom stereocenters. The van der Waals surface area contributed by atoms with Gasteiger partial charge in [0.25, 0.3) is 0 Å². The summed E-state index contributed by atoms with van der Waals surface area (Å²) >= 11 is 0. The number of alkyl carbamates (subject to hydrolysis) is 1. The monoisotopic (exact) mass is 315 g/mol. The predicted molar refractivity (Wildman–Crippen MR) is 81.5 cm³/mol. The molecule has 0 aromatic rings. The SMILES string of the molecule is CC(C)(C)OC(=O)NC(CCO)C1CCC2(CC1)OCCO2. The van der Waals surface area contributed by atoms with Crippen molar-refractivity contribution in [3.05, 3.63) is 0 Å². The van der Waals surface area contributed by atoms with Gasteiger partial charge in [-0.1, -0.05) is 0 Å². The summed E-state index contributed by atoms with van der Waals surface area (Å²) in [4.78, 5) is 12.0. The first kappa shape index (κ1) is 17.5. The van der Waals surface area contributed by atoms with Crippen LogP contribution in [0.2, 0.25) is 0 Å². The Kier molecular flexibility index (Phi) is 5.69. The van der Waals surface area contributed by atoms with Crippen molar-refractivity contribution >= 4 is 6.09 Å². The van der Waals surface area contributed by atoms with E-state index < -0.39 is 17.5 Å². The molecule has 2 N–H and O–H groups in total. The quantitative estimate of drug-likeness (QED) is 0.831. The first-order chi connectivity index (χ1) is 10.3. The van der Waals surface area contributed by atoms with Crippen LogP contribution in [0.15, 0.2) is 0 Å². The minimum Gasteiger partial charge on any atom is -0.444 e. The van der Waals surface area contributed by atoms with E-state index in [2.05, 4.69) is 5.32 Å². The van der Waals surface area contributed by atoms with E-state index in [9.17, 15) is 9.90 Å². The third-order valence-corrected chi connectivity index (χ3v) is 4.32. The molecule has 6 nitrogen and oxygen atoms in total. The Bertz CT molecular complexity index is 363. The molecule has 0 bridgehead atoms. The summed E-state index contributed by atoms with van der Waals surface area (Å²) in [5, 5.41) is 12.2. The average Bonchev–Trinajstić information content (AvgIpc) is 2.85. The molecule has 1 heterocycles. The predicted octanol–water partition coefficient (Wildman–Crippen LogP) is 2.20. The van der Waals surface area contributed by atoms with Gasteiger partial charge < -0.3 is 24.6 Å². The highest BCUT2D eigenvalue weighted by Gasteiger charge is 2.42. The second-order valence-electron chi connectivity index (χ2n) is 7.21. The normalized spacial score (nSPS) is 23.5. The second kappa shape index (κ2) is 7.15. The van der Waals surface area contributed by atoms with Gasteiger partial charge in [-0.2, -0.15) is 0 Å². The molecule has 1 amide bonds. The van der Waals surface area contributed by atoms with Crippen molar-refractivity contribution in [2.24, 2.45) is 5.92 Å². The Hall–Kier alpha value is -0.850. The van der Waals surface area contributed by atoms with Gasteiger partial charge in [0.2, 0.25) is 0 Å². The fourth-order valence-electron chi connectivity index (χ4n) is 3.29. The highest BCUT2D eigenvalue weighted by molar-refractivity contribution is 5.68. The molecule has 22 heavy (non-hydrogen) atoms. The van der Waals surface area contributed by atoms with Crippen molar-refractivity contribution in [3.63, 3.8) is 0 Å². The number of amides is 1. The van der Waals surface area contributed by atoms with Crippen molar-refractivity contribution in [1.29, 1.82) is 0 Å². The molecule has 0 aromatic heterocycles. The molecule has 1 aliphatic heterocycles. The van der Waals surface area contributed by atoms with Crippen molar-refractivity contribution in [2.75, 3.05) is 19.8 Å². The standard InChI is InChI=1S/C16H29NO5/c1-15(2,3)22-14(19)17-13(6-9-18)12-4-7-16(8-5-12)20-10-11-21-16/h12-13,18H,4-11H2,1-3H3,(H,17,19). The van der Waals surface area contributed by atoms with Crippen LogP contribution in [0.25, 0.3) is 0 Å². The molecule has 1 atom stereocenters. The summed E-state index contributed by atoms with van der Waals surface area (Å²) in [5.41, 5.74) is -0.518. The molecule has 1 aliphatic carbocycles. The summed E-state index contributed by atoms with van der Waals surface area (Å²) in [5.74, 6) is -0.0790. The Balaban J connectivity index is 1.87. The van der Waals surface area contributed by atoms with Gasteiger partial charge in [0.1, 0.15) is 5.60 Å². The van der Waals surface area contributed by atoms with Gasteiger partial charge in [0.05, 0.1) is 13.2 Å². The smallest absolute Gasteiger partial charge is 0.407 e. The number of aliphatic hydroxyl groups is 1. The van der Waals surface area contributed by atoms with Crippen molar-refractivity contribution in [2.45, 2.75) is 70.3 Å². The first-order valence-corrected chi connectivity index (χ1v) is 8.22. The van der Waals surface area contributed by atoms with Crippen molar-refractivity contribution in [3.8, 4) is 0 Å². The lowest BCUT2D eigenvalue weighted by atomic mass is 9.80. The van der Waals surface area contributed by atoms with E-state index in [0.29, 0.717) is 25.6 Å². The zero-order valence-electron chi connectivity index (χ0n) is 13.9. The van der Waals surface area contributed by atoms with E-state index in [4.69, 9.17) is 14.2 Å². The highest BCUT2D eigenvalue weighted by Crippen LogP contribution is 2.39. The number of hydrogen-bond donors (Lipinski definition) is 2. The van der Waals surface area contributed by atoms with Crippen LogP contribution < -0.4 is 5.32 Å². The van der Waals surface area contributed by atoms with Gasteiger partial charge in [-0.15, -0.1) is 0 Å². The van der Waals surface area contributed by atoms with Crippen LogP contribution in [0, 0.1) is 5.92 Å². The molecule has 2 fully saturated rings. The zero-order valence-corrected chi connectivity index (χ0v) is 13.9. The number of aliphatic hydroxyl groups excluding tert-OH is 1. The number of carbonyl (C=O) groups excluding carboxylic acids is 1. The van der Waals surface area contributed by atoms with Crippen molar-refractivity contribution in [1.82, 2.24) is 5.32 Å². The molecule has 1 saturated heterocycles. The maximum Gasteiger partial charge on any atom is 0.407 e. The third-order valence-electron chi connectivity index (χ3n) is 4.32. The zero-order chi connectivity index (χ0) is 16.2. The summed E-state index contributed by atoms with van der Waals surface area (Å²) in [7, 11) is 0. The van der Waals surface area contributed by atoms with Gasteiger partial charge >= 0.3 is 6.09 Å². The number of hydrogen-bond acceptors (Lipinski definition) is 5. The van der Waals surface area contributed by atoms with E-state index in [1.807, 2.05) is 20.8 Å². The van der Waals surface area contributed by atoms with Crippen LogP contribution >= 0.6 is 0 Å². The summed E-state index contributed by atoms with van der Waals surface area (Å²) in [6.45, 7) is 6.91. The van der Waals surface area contributed by atoms with Gasteiger partial charge in [0, 0.05) is 25.5 Å². The van der Waals surface area contributed by atoms with E-state index >= 15 is 0 Å². The molecular weight excluding hydrogens is 286 g/mol. The van der Waals surface area contributed by atoms with E-state index in [1.54, 1.807) is 0 Å². The minimum atomic E-state index is -0.518. The van der Waals surface area contributed by atoms with Crippen LogP contribution in [-0.2, 0) is 14.2 Å². The van der Waals surface area contributed by atoms with Gasteiger partial charge in [-0.25, -0.2) is 4.79 Å². The topological polar surface area (TPSA) is 77.0 Å². The molecule has 0 aromatic carbocycles. The second-order valence-corrected chi connectivity index (χ2v) is 7.21. The Morgan fingerprint density at radius 1 is 1.32 bits per heavy atom. The molecule has 2 rings (SSSR count). The number of rotatable bonds is 4. The number of ether oxygens (including phenoxy) is 3. The van der Waals surface area contributed by atoms with Crippen LogP contribution in [0.3, 0.4) is 0 Å². The fourth-order valence-corrected chi connectivity index (χ4v) is 3.29. The summed E-state index contributed by atoms with van der Waals surface area (Å²) < 4.78 is 16.8. The highest BCUT2D eigenvalue weighted by atomic mass is 16.7. The Labute approximate surface area is 132 Å². The maximum absolute atomic E-state index is 12.0. The molecule has 6 heteroatoms. The lowest BCUT2D eigenvalue weighted by Gasteiger charge is -2.38. The molecule has 1 spiro atoms. The third kappa shape index (κ3) is 4.83. The number of carbonyl (C=O) groups is 1. The van der Waals surface area contributed by atoms with Gasteiger partial charge in [-0.05, 0) is 46.0 Å². The van der Waals surface area contributed by atoms with Gasteiger partial charge in [0.15, 0.2) is 5.79 Å². The summed E-state index contributed by atoms with van der Waals surface area (Å²) in [6.07, 6.45) is 3.64. The molecular formula is C16H29NO5. The van der Waals surface area contributed by atoms with E-state index in [0.717, 1.165) is 25.7 Å². The lowest BCUT2D eigenvalue weighted by molar-refractivity contribution is -0.183.